The summed E-state index contributed by atoms with van der Waals surface area (Å²) in [6.07, 6.45) is 1.81. The zero-order valence-electron chi connectivity index (χ0n) is 14.4. The Labute approximate surface area is 154 Å². The van der Waals surface area contributed by atoms with E-state index in [-0.39, 0.29) is 31.4 Å². The molecule has 0 radical (unpaired) electrons. The summed E-state index contributed by atoms with van der Waals surface area (Å²) < 4.78 is 16.7. The molecule has 1 heterocycles. The zero-order valence-corrected chi connectivity index (χ0v) is 15.3. The number of rotatable bonds is 6. The lowest BCUT2D eigenvalue weighted by atomic mass is 10.2. The van der Waals surface area contributed by atoms with E-state index in [4.69, 9.17) is 4.74 Å². The number of ether oxygens (including phenoxy) is 1. The molecule has 1 N–H and O–H groups in total. The molecule has 2 amide bonds. The van der Waals surface area contributed by atoms with Crippen molar-refractivity contribution in [1.82, 2.24) is 0 Å². The molecule has 7 heteroatoms. The van der Waals surface area contributed by atoms with Gasteiger partial charge in [0.05, 0.1) is 5.69 Å². The van der Waals surface area contributed by atoms with Crippen LogP contribution in [0, 0.1) is 0 Å². The lowest BCUT2D eigenvalue weighted by Gasteiger charge is -2.29. The summed E-state index contributed by atoms with van der Waals surface area (Å²) in [5.41, 5.74) is 2.25. The van der Waals surface area contributed by atoms with Crippen LogP contribution in [0.4, 0.5) is 11.4 Å². The number of carbonyl (C=O) groups excluding carboxylic acids is 2. The lowest BCUT2D eigenvalue weighted by molar-refractivity contribution is -0.121. The van der Waals surface area contributed by atoms with E-state index in [9.17, 15) is 13.8 Å². The molecule has 6 nitrogen and oxygen atoms in total. The Hall–Kier alpha value is -2.67. The monoisotopic (exact) mass is 372 g/mol. The van der Waals surface area contributed by atoms with Crippen LogP contribution in [0.5, 0.6) is 5.75 Å². The topological polar surface area (TPSA) is 75.7 Å². The molecule has 0 saturated carbocycles. The molecule has 0 aliphatic carbocycles. The lowest BCUT2D eigenvalue weighted by Crippen LogP contribution is -2.40. The van der Waals surface area contributed by atoms with Crippen LogP contribution in [0.1, 0.15) is 12.0 Å². The number of nitrogens with zero attached hydrogens (tertiary/aromatic N) is 1. The Balaban J connectivity index is 1.61. The van der Waals surface area contributed by atoms with Crippen molar-refractivity contribution in [3.8, 4) is 5.75 Å². The van der Waals surface area contributed by atoms with Gasteiger partial charge in [0.2, 0.25) is 5.91 Å². The second kappa shape index (κ2) is 8.14. The molecule has 1 aliphatic heterocycles. The molecule has 0 bridgehead atoms. The Morgan fingerprint density at radius 3 is 2.85 bits per heavy atom. The highest BCUT2D eigenvalue weighted by Crippen LogP contribution is 2.31. The van der Waals surface area contributed by atoms with Gasteiger partial charge < -0.3 is 15.0 Å². The molecule has 0 saturated heterocycles. The number of fused-ring (bicyclic) bond motifs is 1. The van der Waals surface area contributed by atoms with E-state index in [1.807, 2.05) is 30.3 Å². The predicted molar refractivity (Wildman–Crippen MR) is 102 cm³/mol. The van der Waals surface area contributed by atoms with Gasteiger partial charge in [-0.15, -0.1) is 0 Å². The fraction of sp³-hybridized carbons (Fsp3) is 0.263. The van der Waals surface area contributed by atoms with Crippen molar-refractivity contribution in [2.24, 2.45) is 0 Å². The minimum atomic E-state index is -0.938. The van der Waals surface area contributed by atoms with Crippen molar-refractivity contribution in [1.29, 1.82) is 0 Å². The minimum Gasteiger partial charge on any atom is -0.482 e. The molecular formula is C19H20N2O4S. The van der Waals surface area contributed by atoms with E-state index in [2.05, 4.69) is 5.32 Å². The summed E-state index contributed by atoms with van der Waals surface area (Å²) in [6, 6.07) is 14.6. The quantitative estimate of drug-likeness (QED) is 0.844. The highest BCUT2D eigenvalue weighted by Gasteiger charge is 2.25. The average Bonchev–Trinajstić information content (AvgIpc) is 2.60. The number of carbonyl (C=O) groups is 2. The van der Waals surface area contributed by atoms with Gasteiger partial charge in [-0.1, -0.05) is 24.3 Å². The number of amides is 2. The standard InChI is InChI=1S/C19H20N2O4S/c1-26(24)13-14-5-4-6-15(11-14)20-18(22)9-10-21-16-7-2-3-8-17(16)25-12-19(21)23/h2-8,11H,9-10,12-13H2,1H3,(H,20,22). The number of benzene rings is 2. The highest BCUT2D eigenvalue weighted by molar-refractivity contribution is 7.83. The van der Waals surface area contributed by atoms with Crippen molar-refractivity contribution in [2.45, 2.75) is 12.2 Å². The van der Waals surface area contributed by atoms with Crippen molar-refractivity contribution in [3.63, 3.8) is 0 Å². The van der Waals surface area contributed by atoms with E-state index < -0.39 is 10.8 Å². The molecule has 26 heavy (non-hydrogen) atoms. The van der Waals surface area contributed by atoms with Gasteiger partial charge >= 0.3 is 0 Å². The first-order chi connectivity index (χ1) is 12.5. The number of nitrogens with one attached hydrogen (secondary N) is 1. The van der Waals surface area contributed by atoms with Crippen molar-refractivity contribution < 1.29 is 18.5 Å². The average molecular weight is 372 g/mol. The van der Waals surface area contributed by atoms with Crippen molar-refractivity contribution in [2.75, 3.05) is 29.6 Å². The normalized spacial score (nSPS) is 14.3. The molecule has 2 aromatic carbocycles. The van der Waals surface area contributed by atoms with E-state index in [1.165, 1.54) is 0 Å². The third-order valence-corrected chi connectivity index (χ3v) is 4.69. The Bertz CT molecular complexity index is 853. The van der Waals surface area contributed by atoms with Crippen LogP contribution in [0.15, 0.2) is 48.5 Å². The first kappa shape index (κ1) is 18.1. The van der Waals surface area contributed by atoms with Crippen LogP contribution < -0.4 is 15.0 Å². The summed E-state index contributed by atoms with van der Waals surface area (Å²) in [4.78, 5) is 26.0. The Kier molecular flexibility index (Phi) is 5.68. The van der Waals surface area contributed by atoms with E-state index in [1.54, 1.807) is 29.4 Å². The van der Waals surface area contributed by atoms with Crippen molar-refractivity contribution in [3.05, 3.63) is 54.1 Å². The summed E-state index contributed by atoms with van der Waals surface area (Å²) in [7, 11) is -0.938. The second-order valence-electron chi connectivity index (χ2n) is 6.02. The fourth-order valence-corrected chi connectivity index (χ4v) is 3.46. The van der Waals surface area contributed by atoms with Crippen LogP contribution >= 0.6 is 0 Å². The van der Waals surface area contributed by atoms with Crippen LogP contribution in [0.2, 0.25) is 0 Å². The number of para-hydroxylation sites is 2. The maximum atomic E-state index is 12.3. The largest absolute Gasteiger partial charge is 0.482 e. The summed E-state index contributed by atoms with van der Waals surface area (Å²) in [6.45, 7) is 0.262. The Morgan fingerprint density at radius 2 is 2.04 bits per heavy atom. The first-order valence-corrected chi connectivity index (χ1v) is 9.96. The van der Waals surface area contributed by atoms with Gasteiger partial charge in [-0.05, 0) is 29.8 Å². The van der Waals surface area contributed by atoms with Crippen LogP contribution in [0.25, 0.3) is 0 Å². The predicted octanol–water partition coefficient (Wildman–Crippen LogP) is 2.32. The molecule has 1 atom stereocenters. The van der Waals surface area contributed by atoms with Crippen LogP contribution in [-0.2, 0) is 26.1 Å². The molecule has 1 unspecified atom stereocenters. The summed E-state index contributed by atoms with van der Waals surface area (Å²) in [5.74, 6) is 0.746. The van der Waals surface area contributed by atoms with Gasteiger partial charge in [0, 0.05) is 41.5 Å². The van der Waals surface area contributed by atoms with E-state index >= 15 is 0 Å². The van der Waals surface area contributed by atoms with E-state index in [0.717, 1.165) is 5.56 Å². The minimum absolute atomic E-state index is 0.0190. The van der Waals surface area contributed by atoms with Gasteiger partial charge in [0.15, 0.2) is 6.61 Å². The van der Waals surface area contributed by atoms with Gasteiger partial charge in [0.1, 0.15) is 5.75 Å². The fourth-order valence-electron chi connectivity index (χ4n) is 2.81. The molecule has 0 fully saturated rings. The molecule has 2 aromatic rings. The van der Waals surface area contributed by atoms with Gasteiger partial charge in [0.25, 0.3) is 5.91 Å². The third-order valence-electron chi connectivity index (χ3n) is 3.95. The SMILES string of the molecule is CS(=O)Cc1cccc(NC(=O)CCN2C(=O)COc3ccccc32)c1. The molecule has 1 aliphatic rings. The highest BCUT2D eigenvalue weighted by atomic mass is 32.2. The van der Waals surface area contributed by atoms with Gasteiger partial charge in [-0.25, -0.2) is 0 Å². The smallest absolute Gasteiger partial charge is 0.265 e. The molecule has 136 valence electrons. The molecule has 0 spiro atoms. The van der Waals surface area contributed by atoms with Gasteiger partial charge in [-0.2, -0.15) is 0 Å². The summed E-state index contributed by atoms with van der Waals surface area (Å²) in [5, 5.41) is 2.83. The summed E-state index contributed by atoms with van der Waals surface area (Å²) >= 11 is 0. The third kappa shape index (κ3) is 4.49. The Morgan fingerprint density at radius 1 is 1.23 bits per heavy atom. The number of anilines is 2. The zero-order chi connectivity index (χ0) is 18.5. The van der Waals surface area contributed by atoms with E-state index in [0.29, 0.717) is 22.9 Å². The van der Waals surface area contributed by atoms with Crippen LogP contribution in [-0.4, -0.2) is 35.4 Å². The van der Waals surface area contributed by atoms with Gasteiger partial charge in [-0.3, -0.25) is 13.8 Å². The van der Waals surface area contributed by atoms with Crippen molar-refractivity contribution >= 4 is 34.0 Å². The number of hydrogen-bond acceptors (Lipinski definition) is 4. The maximum Gasteiger partial charge on any atom is 0.265 e. The number of hydrogen-bond donors (Lipinski definition) is 1. The molecular weight excluding hydrogens is 352 g/mol. The molecule has 0 aromatic heterocycles. The molecule has 3 rings (SSSR count). The second-order valence-corrected chi connectivity index (χ2v) is 7.45. The van der Waals surface area contributed by atoms with Crippen LogP contribution in [0.3, 0.4) is 0 Å². The maximum absolute atomic E-state index is 12.3. The first-order valence-electron chi connectivity index (χ1n) is 8.24.